The van der Waals surface area contributed by atoms with Crippen LogP contribution < -0.4 is 5.32 Å². The third kappa shape index (κ3) is 5.61. The van der Waals surface area contributed by atoms with Gasteiger partial charge in [-0.2, -0.15) is 0 Å². The first-order valence-electron chi connectivity index (χ1n) is 5.69. The van der Waals surface area contributed by atoms with Gasteiger partial charge in [0.1, 0.15) is 0 Å². The van der Waals surface area contributed by atoms with Crippen molar-refractivity contribution in [1.29, 1.82) is 0 Å². The molecule has 4 heteroatoms. The van der Waals surface area contributed by atoms with Crippen LogP contribution in [-0.2, 0) is 15.9 Å². The number of hydrogen-bond donors (Lipinski definition) is 1. The molecule has 0 bridgehead atoms. The molecule has 0 aromatic carbocycles. The molecule has 1 rings (SSSR count). The summed E-state index contributed by atoms with van der Waals surface area (Å²) in [4.78, 5) is 1.40. The molecular formula is C12H21NO2S. The van der Waals surface area contributed by atoms with Gasteiger partial charge in [-0.05, 0) is 24.4 Å². The zero-order chi connectivity index (χ0) is 11.6. The van der Waals surface area contributed by atoms with Crippen LogP contribution in [0.15, 0.2) is 17.5 Å². The van der Waals surface area contributed by atoms with Gasteiger partial charge in [0.2, 0.25) is 0 Å². The van der Waals surface area contributed by atoms with E-state index in [1.165, 1.54) is 4.88 Å². The highest BCUT2D eigenvalue weighted by molar-refractivity contribution is 7.09. The third-order valence-electron chi connectivity index (χ3n) is 2.27. The molecule has 3 nitrogen and oxygen atoms in total. The van der Waals surface area contributed by atoms with Gasteiger partial charge < -0.3 is 14.8 Å². The molecule has 1 heterocycles. The topological polar surface area (TPSA) is 30.5 Å². The summed E-state index contributed by atoms with van der Waals surface area (Å²) in [5, 5.41) is 5.55. The lowest BCUT2D eigenvalue weighted by Gasteiger charge is -2.17. The summed E-state index contributed by atoms with van der Waals surface area (Å²) in [7, 11) is 1.69. The molecule has 0 aliphatic carbocycles. The van der Waals surface area contributed by atoms with Gasteiger partial charge >= 0.3 is 0 Å². The Labute approximate surface area is 102 Å². The Morgan fingerprint density at radius 2 is 2.31 bits per heavy atom. The van der Waals surface area contributed by atoms with Crippen molar-refractivity contribution in [3.63, 3.8) is 0 Å². The fourth-order valence-corrected chi connectivity index (χ4v) is 2.30. The van der Waals surface area contributed by atoms with Gasteiger partial charge in [0.25, 0.3) is 0 Å². The second-order valence-corrected chi connectivity index (χ2v) is 4.64. The minimum absolute atomic E-state index is 0.403. The molecule has 1 aromatic heterocycles. The molecular weight excluding hydrogens is 222 g/mol. The summed E-state index contributed by atoms with van der Waals surface area (Å²) in [6.45, 7) is 5.18. The Morgan fingerprint density at radius 3 is 2.94 bits per heavy atom. The van der Waals surface area contributed by atoms with Crippen LogP contribution in [0.4, 0.5) is 0 Å². The predicted molar refractivity (Wildman–Crippen MR) is 68.2 cm³/mol. The van der Waals surface area contributed by atoms with E-state index in [9.17, 15) is 0 Å². The van der Waals surface area contributed by atoms with Crippen molar-refractivity contribution < 1.29 is 9.47 Å². The van der Waals surface area contributed by atoms with E-state index in [0.717, 1.165) is 19.6 Å². The lowest BCUT2D eigenvalue weighted by molar-refractivity contribution is 0.0590. The van der Waals surface area contributed by atoms with Crippen molar-refractivity contribution >= 4 is 11.3 Å². The van der Waals surface area contributed by atoms with Crippen molar-refractivity contribution in [2.45, 2.75) is 19.4 Å². The summed E-state index contributed by atoms with van der Waals surface area (Å²) in [6.07, 6.45) is 1.04. The van der Waals surface area contributed by atoms with Crippen LogP contribution in [0.25, 0.3) is 0 Å². The van der Waals surface area contributed by atoms with E-state index in [4.69, 9.17) is 9.47 Å². The molecule has 92 valence electrons. The van der Waals surface area contributed by atoms with E-state index in [2.05, 4.69) is 29.8 Å². The SMILES string of the molecule is CCNC(COCCOC)Cc1cccs1. The highest BCUT2D eigenvalue weighted by Gasteiger charge is 2.08. The monoisotopic (exact) mass is 243 g/mol. The van der Waals surface area contributed by atoms with Crippen LogP contribution in [-0.4, -0.2) is 39.5 Å². The van der Waals surface area contributed by atoms with Crippen LogP contribution in [0.2, 0.25) is 0 Å². The highest BCUT2D eigenvalue weighted by atomic mass is 32.1. The molecule has 16 heavy (non-hydrogen) atoms. The summed E-state index contributed by atoms with van der Waals surface area (Å²) in [6, 6.07) is 4.67. The molecule has 0 saturated carbocycles. The molecule has 1 atom stereocenters. The van der Waals surface area contributed by atoms with Crippen molar-refractivity contribution in [3.05, 3.63) is 22.4 Å². The van der Waals surface area contributed by atoms with Crippen molar-refractivity contribution in [3.8, 4) is 0 Å². The van der Waals surface area contributed by atoms with Crippen LogP contribution >= 0.6 is 11.3 Å². The van der Waals surface area contributed by atoms with Crippen molar-refractivity contribution in [1.82, 2.24) is 5.32 Å². The van der Waals surface area contributed by atoms with Crippen LogP contribution in [0, 0.1) is 0 Å². The molecule has 0 spiro atoms. The Balaban J connectivity index is 2.24. The summed E-state index contributed by atoms with van der Waals surface area (Å²) < 4.78 is 10.5. The largest absolute Gasteiger partial charge is 0.382 e. The molecule has 0 aliphatic rings. The van der Waals surface area contributed by atoms with E-state index in [0.29, 0.717) is 19.3 Å². The third-order valence-corrected chi connectivity index (χ3v) is 3.17. The van der Waals surface area contributed by atoms with Crippen molar-refractivity contribution in [2.75, 3.05) is 33.5 Å². The maximum absolute atomic E-state index is 5.55. The van der Waals surface area contributed by atoms with Gasteiger partial charge in [-0.15, -0.1) is 11.3 Å². The van der Waals surface area contributed by atoms with E-state index in [1.54, 1.807) is 18.4 Å². The van der Waals surface area contributed by atoms with Crippen LogP contribution in [0.1, 0.15) is 11.8 Å². The van der Waals surface area contributed by atoms with Crippen LogP contribution in [0.5, 0.6) is 0 Å². The lowest BCUT2D eigenvalue weighted by Crippen LogP contribution is -2.35. The van der Waals surface area contributed by atoms with Gasteiger partial charge in [-0.25, -0.2) is 0 Å². The highest BCUT2D eigenvalue weighted by Crippen LogP contribution is 2.11. The molecule has 0 fully saturated rings. The molecule has 0 radical (unpaired) electrons. The molecule has 1 N–H and O–H groups in total. The average Bonchev–Trinajstić information content (AvgIpc) is 2.77. The Bertz CT molecular complexity index is 252. The molecule has 1 unspecified atom stereocenters. The number of ether oxygens (including phenoxy) is 2. The summed E-state index contributed by atoms with van der Waals surface area (Å²) >= 11 is 1.80. The number of thiophene rings is 1. The summed E-state index contributed by atoms with van der Waals surface area (Å²) in [5.41, 5.74) is 0. The normalized spacial score (nSPS) is 12.9. The molecule has 0 amide bonds. The second-order valence-electron chi connectivity index (χ2n) is 3.61. The maximum Gasteiger partial charge on any atom is 0.0701 e. The van der Waals surface area contributed by atoms with E-state index < -0.39 is 0 Å². The fraction of sp³-hybridized carbons (Fsp3) is 0.667. The van der Waals surface area contributed by atoms with Gasteiger partial charge in [0.05, 0.1) is 19.8 Å². The summed E-state index contributed by atoms with van der Waals surface area (Å²) in [5.74, 6) is 0. The van der Waals surface area contributed by atoms with E-state index >= 15 is 0 Å². The average molecular weight is 243 g/mol. The number of methoxy groups -OCH3 is 1. The second kappa shape index (κ2) is 8.70. The zero-order valence-corrected chi connectivity index (χ0v) is 10.9. The van der Waals surface area contributed by atoms with E-state index in [1.807, 2.05) is 0 Å². The van der Waals surface area contributed by atoms with E-state index in [-0.39, 0.29) is 0 Å². The minimum atomic E-state index is 0.403. The van der Waals surface area contributed by atoms with Gasteiger partial charge in [-0.1, -0.05) is 13.0 Å². The standard InChI is InChI=1S/C12H21NO2S/c1-3-13-11(10-15-7-6-14-2)9-12-5-4-8-16-12/h4-5,8,11,13H,3,6-7,9-10H2,1-2H3. The van der Waals surface area contributed by atoms with Gasteiger partial charge in [0.15, 0.2) is 0 Å². The first-order chi connectivity index (χ1) is 7.86. The first kappa shape index (κ1) is 13.6. The van der Waals surface area contributed by atoms with Gasteiger partial charge in [0, 0.05) is 18.0 Å². The van der Waals surface area contributed by atoms with Crippen molar-refractivity contribution in [2.24, 2.45) is 0 Å². The molecule has 0 saturated heterocycles. The number of nitrogens with one attached hydrogen (secondary N) is 1. The van der Waals surface area contributed by atoms with Gasteiger partial charge in [-0.3, -0.25) is 0 Å². The predicted octanol–water partition coefficient (Wildman–Crippen LogP) is 1.93. The Hall–Kier alpha value is -0.420. The first-order valence-corrected chi connectivity index (χ1v) is 6.57. The number of likely N-dealkylation sites (N-methyl/N-ethyl adjacent to an activating group) is 1. The maximum atomic E-state index is 5.55. The lowest BCUT2D eigenvalue weighted by atomic mass is 10.2. The fourth-order valence-electron chi connectivity index (χ4n) is 1.52. The van der Waals surface area contributed by atoms with Crippen LogP contribution in [0.3, 0.4) is 0 Å². The number of hydrogen-bond acceptors (Lipinski definition) is 4. The minimum Gasteiger partial charge on any atom is -0.382 e. The quantitative estimate of drug-likeness (QED) is 0.672. The Kier molecular flexibility index (Phi) is 7.42. The molecule has 0 aliphatic heterocycles. The molecule has 1 aromatic rings. The Morgan fingerprint density at radius 1 is 1.44 bits per heavy atom. The smallest absolute Gasteiger partial charge is 0.0701 e. The number of rotatable bonds is 9. The zero-order valence-electron chi connectivity index (χ0n) is 10.1.